The molecule has 2 fully saturated rings. The molecular weight excluding hydrogens is 347 g/mol. The third-order valence-electron chi connectivity index (χ3n) is 5.05. The lowest BCUT2D eigenvalue weighted by Crippen LogP contribution is -2.37. The Bertz CT molecular complexity index is 621. The predicted octanol–water partition coefficient (Wildman–Crippen LogP) is 4.36. The Morgan fingerprint density at radius 2 is 1.58 bits per heavy atom. The fraction of sp³-hybridized carbons (Fsp3) is 0.556. The molecule has 1 aliphatic carbocycles. The van der Waals surface area contributed by atoms with Gasteiger partial charge in [-0.25, -0.2) is 0 Å². The molecule has 130 valence electrons. The van der Waals surface area contributed by atoms with Gasteiger partial charge in [0.15, 0.2) is 0 Å². The van der Waals surface area contributed by atoms with Gasteiger partial charge in [0, 0.05) is 30.6 Å². The minimum Gasteiger partial charge on any atom is -0.342 e. The van der Waals surface area contributed by atoms with E-state index in [0.717, 1.165) is 51.6 Å². The zero-order valence-electron chi connectivity index (χ0n) is 13.6. The van der Waals surface area contributed by atoms with Crippen molar-refractivity contribution in [2.75, 3.05) is 18.4 Å². The molecule has 1 saturated heterocycles. The second-order valence-electron chi connectivity index (χ2n) is 6.70. The van der Waals surface area contributed by atoms with E-state index in [9.17, 15) is 9.59 Å². The van der Waals surface area contributed by atoms with Gasteiger partial charge in [-0.05, 0) is 56.7 Å². The summed E-state index contributed by atoms with van der Waals surface area (Å²) in [5.41, 5.74) is 0.657. The van der Waals surface area contributed by atoms with Gasteiger partial charge in [0.05, 0.1) is 10.0 Å². The van der Waals surface area contributed by atoms with Crippen molar-refractivity contribution >= 4 is 40.7 Å². The highest BCUT2D eigenvalue weighted by Crippen LogP contribution is 2.32. The molecule has 2 aliphatic rings. The average molecular weight is 369 g/mol. The molecule has 24 heavy (non-hydrogen) atoms. The molecule has 1 aromatic carbocycles. The first-order chi connectivity index (χ1) is 11.5. The number of halogens is 2. The van der Waals surface area contributed by atoms with Crippen LogP contribution in [0.15, 0.2) is 18.2 Å². The van der Waals surface area contributed by atoms with Gasteiger partial charge in [-0.2, -0.15) is 0 Å². The van der Waals surface area contributed by atoms with E-state index in [2.05, 4.69) is 5.32 Å². The molecule has 0 unspecified atom stereocenters. The van der Waals surface area contributed by atoms with Crippen molar-refractivity contribution < 1.29 is 9.59 Å². The third kappa shape index (κ3) is 4.04. The van der Waals surface area contributed by atoms with Crippen LogP contribution in [-0.2, 0) is 9.59 Å². The topological polar surface area (TPSA) is 49.4 Å². The molecule has 0 spiro atoms. The van der Waals surface area contributed by atoms with Gasteiger partial charge in [0.2, 0.25) is 11.8 Å². The lowest BCUT2D eigenvalue weighted by Gasteiger charge is -2.29. The second kappa shape index (κ2) is 7.75. The Hall–Kier alpha value is -1.26. The molecular formula is C18H22Cl2N2O2. The van der Waals surface area contributed by atoms with E-state index in [-0.39, 0.29) is 23.7 Å². The highest BCUT2D eigenvalue weighted by Gasteiger charge is 2.32. The Balaban J connectivity index is 1.51. The van der Waals surface area contributed by atoms with Crippen LogP contribution in [0.4, 0.5) is 5.69 Å². The van der Waals surface area contributed by atoms with Crippen molar-refractivity contribution in [3.63, 3.8) is 0 Å². The number of rotatable bonds is 3. The SMILES string of the molecule is O=C(Nc1ccc(Cl)c(Cl)c1)C1CCC(C(=O)N2CCCC2)CC1. The maximum absolute atomic E-state index is 12.4. The summed E-state index contributed by atoms with van der Waals surface area (Å²) in [6.07, 6.45) is 5.36. The molecule has 3 rings (SSSR count). The summed E-state index contributed by atoms with van der Waals surface area (Å²) >= 11 is 11.9. The largest absolute Gasteiger partial charge is 0.342 e. The van der Waals surface area contributed by atoms with Crippen LogP contribution in [0.5, 0.6) is 0 Å². The van der Waals surface area contributed by atoms with Crippen molar-refractivity contribution in [2.24, 2.45) is 11.8 Å². The van der Waals surface area contributed by atoms with E-state index in [1.54, 1.807) is 18.2 Å². The molecule has 2 amide bonds. The molecule has 0 aromatic heterocycles. The van der Waals surface area contributed by atoms with E-state index in [1.165, 1.54) is 0 Å². The molecule has 1 aromatic rings. The lowest BCUT2D eigenvalue weighted by molar-refractivity contribution is -0.136. The van der Waals surface area contributed by atoms with Gasteiger partial charge in [0.25, 0.3) is 0 Å². The summed E-state index contributed by atoms with van der Waals surface area (Å²) in [7, 11) is 0. The van der Waals surface area contributed by atoms with Crippen LogP contribution in [0.25, 0.3) is 0 Å². The van der Waals surface area contributed by atoms with E-state index in [1.807, 2.05) is 4.90 Å². The van der Waals surface area contributed by atoms with Crippen molar-refractivity contribution in [2.45, 2.75) is 38.5 Å². The maximum Gasteiger partial charge on any atom is 0.227 e. The summed E-state index contributed by atoms with van der Waals surface area (Å²) < 4.78 is 0. The molecule has 0 radical (unpaired) electrons. The summed E-state index contributed by atoms with van der Waals surface area (Å²) in [6.45, 7) is 1.80. The summed E-state index contributed by atoms with van der Waals surface area (Å²) in [5.74, 6) is 0.343. The van der Waals surface area contributed by atoms with Crippen LogP contribution in [0.3, 0.4) is 0 Å². The molecule has 1 aliphatic heterocycles. The highest BCUT2D eigenvalue weighted by atomic mass is 35.5. The maximum atomic E-state index is 12.4. The van der Waals surface area contributed by atoms with Crippen LogP contribution in [0, 0.1) is 11.8 Å². The molecule has 6 heteroatoms. The second-order valence-corrected chi connectivity index (χ2v) is 7.51. The minimum atomic E-state index is -0.0397. The molecule has 4 nitrogen and oxygen atoms in total. The molecule has 1 N–H and O–H groups in total. The van der Waals surface area contributed by atoms with Crippen molar-refractivity contribution in [3.8, 4) is 0 Å². The van der Waals surface area contributed by atoms with Crippen LogP contribution >= 0.6 is 23.2 Å². The number of carbonyl (C=O) groups is 2. The van der Waals surface area contributed by atoms with E-state index in [0.29, 0.717) is 15.7 Å². The standard InChI is InChI=1S/C18H22Cl2N2O2/c19-15-8-7-14(11-16(15)20)21-17(23)12-3-5-13(6-4-12)18(24)22-9-1-2-10-22/h7-8,11-13H,1-6,9-10H2,(H,21,23). The van der Waals surface area contributed by atoms with Crippen LogP contribution < -0.4 is 5.32 Å². The Kier molecular flexibility index (Phi) is 5.67. The fourth-order valence-electron chi connectivity index (χ4n) is 3.62. The smallest absolute Gasteiger partial charge is 0.227 e. The van der Waals surface area contributed by atoms with Crippen LogP contribution in [0.1, 0.15) is 38.5 Å². The van der Waals surface area contributed by atoms with E-state index in [4.69, 9.17) is 23.2 Å². The number of carbonyl (C=O) groups excluding carboxylic acids is 2. The fourth-order valence-corrected chi connectivity index (χ4v) is 3.91. The molecule has 1 saturated carbocycles. The molecule has 1 heterocycles. The van der Waals surface area contributed by atoms with Crippen molar-refractivity contribution in [1.82, 2.24) is 4.90 Å². The summed E-state index contributed by atoms with van der Waals surface area (Å²) in [5, 5.41) is 3.79. The number of hydrogen-bond donors (Lipinski definition) is 1. The molecule has 0 bridgehead atoms. The first kappa shape index (κ1) is 17.6. The van der Waals surface area contributed by atoms with Crippen LogP contribution in [-0.4, -0.2) is 29.8 Å². The zero-order chi connectivity index (χ0) is 17.1. The summed E-state index contributed by atoms with van der Waals surface area (Å²) in [6, 6.07) is 5.07. The van der Waals surface area contributed by atoms with E-state index >= 15 is 0 Å². The Morgan fingerprint density at radius 1 is 0.958 bits per heavy atom. The first-order valence-electron chi connectivity index (χ1n) is 8.59. The van der Waals surface area contributed by atoms with Gasteiger partial charge in [-0.3, -0.25) is 9.59 Å². The van der Waals surface area contributed by atoms with Crippen LogP contribution in [0.2, 0.25) is 10.0 Å². The van der Waals surface area contributed by atoms with Crippen molar-refractivity contribution in [3.05, 3.63) is 28.2 Å². The summed E-state index contributed by atoms with van der Waals surface area (Å²) in [4.78, 5) is 26.8. The van der Waals surface area contributed by atoms with Gasteiger partial charge in [-0.15, -0.1) is 0 Å². The predicted molar refractivity (Wildman–Crippen MR) is 96.4 cm³/mol. The monoisotopic (exact) mass is 368 g/mol. The zero-order valence-corrected chi connectivity index (χ0v) is 15.1. The number of benzene rings is 1. The van der Waals surface area contributed by atoms with E-state index < -0.39 is 0 Å². The number of likely N-dealkylation sites (tertiary alicyclic amines) is 1. The first-order valence-corrected chi connectivity index (χ1v) is 9.35. The number of amides is 2. The Labute approximate surface area is 152 Å². The third-order valence-corrected chi connectivity index (χ3v) is 5.79. The number of hydrogen-bond acceptors (Lipinski definition) is 2. The molecule has 0 atom stereocenters. The van der Waals surface area contributed by atoms with Gasteiger partial charge < -0.3 is 10.2 Å². The Morgan fingerprint density at radius 3 is 2.21 bits per heavy atom. The van der Waals surface area contributed by atoms with Gasteiger partial charge in [-0.1, -0.05) is 23.2 Å². The van der Waals surface area contributed by atoms with Crippen molar-refractivity contribution in [1.29, 1.82) is 0 Å². The number of anilines is 1. The quantitative estimate of drug-likeness (QED) is 0.861. The van der Waals surface area contributed by atoms with Gasteiger partial charge in [0.1, 0.15) is 0 Å². The lowest BCUT2D eigenvalue weighted by atomic mass is 9.81. The van der Waals surface area contributed by atoms with Gasteiger partial charge >= 0.3 is 0 Å². The highest BCUT2D eigenvalue weighted by molar-refractivity contribution is 6.42. The normalized spacial score (nSPS) is 24.0. The number of nitrogens with one attached hydrogen (secondary N) is 1. The number of nitrogens with zero attached hydrogens (tertiary/aromatic N) is 1. The minimum absolute atomic E-state index is 0.000426. The average Bonchev–Trinajstić information content (AvgIpc) is 3.12.